The molecule has 3 N–H and O–H groups in total. The van der Waals surface area contributed by atoms with Gasteiger partial charge in [0.2, 0.25) is 5.91 Å². The van der Waals surface area contributed by atoms with E-state index in [1.165, 1.54) is 12.1 Å². The van der Waals surface area contributed by atoms with Gasteiger partial charge in [0.25, 0.3) is 11.6 Å². The number of amides is 2. The number of nitrogens with one attached hydrogen (secondary N) is 3. The first-order chi connectivity index (χ1) is 14.7. The summed E-state index contributed by atoms with van der Waals surface area (Å²) in [5.74, 6) is -3.83. The summed E-state index contributed by atoms with van der Waals surface area (Å²) in [6.07, 6.45) is 0. The van der Waals surface area contributed by atoms with Crippen LogP contribution in [0.3, 0.4) is 0 Å². The van der Waals surface area contributed by atoms with Crippen LogP contribution in [0.5, 0.6) is 0 Å². The van der Waals surface area contributed by atoms with Gasteiger partial charge in [-0.05, 0) is 24.3 Å². The second-order valence-electron chi connectivity index (χ2n) is 6.43. The first-order valence-corrected chi connectivity index (χ1v) is 8.93. The maximum absolute atomic E-state index is 13.6. The minimum absolute atomic E-state index is 0.0937. The third-order valence-electron chi connectivity index (χ3n) is 4.13. The van der Waals surface area contributed by atoms with Crippen molar-refractivity contribution < 1.29 is 23.3 Å². The van der Waals surface area contributed by atoms with E-state index in [-0.39, 0.29) is 28.3 Å². The number of anilines is 4. The summed E-state index contributed by atoms with van der Waals surface area (Å²) in [5.41, 5.74) is -0.0263. The number of hydrogen-bond donors (Lipinski definition) is 3. The number of para-hydroxylation sites is 1. The molecule has 0 bridgehead atoms. The third kappa shape index (κ3) is 5.18. The van der Waals surface area contributed by atoms with Crippen LogP contribution in [0.2, 0.25) is 0 Å². The van der Waals surface area contributed by atoms with E-state index in [0.717, 1.165) is 19.1 Å². The van der Waals surface area contributed by atoms with Crippen LogP contribution < -0.4 is 16.0 Å². The summed E-state index contributed by atoms with van der Waals surface area (Å²) in [6.45, 7) is 1.16. The van der Waals surface area contributed by atoms with E-state index in [0.29, 0.717) is 11.8 Å². The predicted molar refractivity (Wildman–Crippen MR) is 111 cm³/mol. The molecule has 3 aromatic carbocycles. The first kappa shape index (κ1) is 21.4. The summed E-state index contributed by atoms with van der Waals surface area (Å²) < 4.78 is 27.2. The molecule has 0 saturated carbocycles. The van der Waals surface area contributed by atoms with Gasteiger partial charge >= 0.3 is 0 Å². The Morgan fingerprint density at radius 3 is 2.06 bits per heavy atom. The summed E-state index contributed by atoms with van der Waals surface area (Å²) in [7, 11) is 0. The zero-order valence-corrected chi connectivity index (χ0v) is 16.1. The van der Waals surface area contributed by atoms with Crippen molar-refractivity contribution in [3.8, 4) is 0 Å². The fourth-order valence-electron chi connectivity index (χ4n) is 2.74. The Morgan fingerprint density at radius 2 is 1.48 bits per heavy atom. The number of carbonyl (C=O) groups excluding carboxylic acids is 2. The van der Waals surface area contributed by atoms with Crippen molar-refractivity contribution in [3.63, 3.8) is 0 Å². The maximum atomic E-state index is 13.6. The van der Waals surface area contributed by atoms with Crippen molar-refractivity contribution in [3.05, 3.63) is 88.0 Å². The van der Waals surface area contributed by atoms with Crippen LogP contribution in [0, 0.1) is 21.7 Å². The van der Waals surface area contributed by atoms with Crippen LogP contribution in [0.15, 0.2) is 60.7 Å². The molecule has 0 spiro atoms. The highest BCUT2D eigenvalue weighted by Gasteiger charge is 2.20. The van der Waals surface area contributed by atoms with Crippen LogP contribution in [0.1, 0.15) is 17.3 Å². The molecule has 0 aliphatic heterocycles. The molecule has 0 saturated heterocycles. The molecule has 0 fully saturated rings. The van der Waals surface area contributed by atoms with Crippen LogP contribution >= 0.6 is 0 Å². The topological polar surface area (TPSA) is 113 Å². The van der Waals surface area contributed by atoms with Gasteiger partial charge in [-0.3, -0.25) is 19.7 Å². The van der Waals surface area contributed by atoms with Crippen molar-refractivity contribution >= 4 is 40.3 Å². The molecule has 0 unspecified atom stereocenters. The minimum Gasteiger partial charge on any atom is -0.350 e. The number of hydrogen-bond acceptors (Lipinski definition) is 5. The smallest absolute Gasteiger partial charge is 0.293 e. The standard InChI is InChI=1S/C21H16F2N4O4/c1-12(28)24-18-10-15(22)16(23)11-19(18)26-21(29)13-7-8-17(20(9-13)27(30)31)25-14-5-3-2-4-6-14/h2-11,25H,1H3,(H,24,28)(H,26,29). The van der Waals surface area contributed by atoms with Crippen molar-refractivity contribution in [1.82, 2.24) is 0 Å². The van der Waals surface area contributed by atoms with Gasteiger partial charge in [0.15, 0.2) is 11.6 Å². The van der Waals surface area contributed by atoms with Gasteiger partial charge in [0, 0.05) is 36.4 Å². The Balaban J connectivity index is 1.90. The summed E-state index contributed by atoms with van der Waals surface area (Å²) in [4.78, 5) is 34.8. The van der Waals surface area contributed by atoms with E-state index in [9.17, 15) is 28.5 Å². The predicted octanol–water partition coefficient (Wildman–Crippen LogP) is 4.83. The lowest BCUT2D eigenvalue weighted by Crippen LogP contribution is -2.16. The highest BCUT2D eigenvalue weighted by Crippen LogP contribution is 2.30. The highest BCUT2D eigenvalue weighted by atomic mass is 19.2. The van der Waals surface area contributed by atoms with Gasteiger partial charge in [0.05, 0.1) is 16.3 Å². The molecular weight excluding hydrogens is 410 g/mol. The largest absolute Gasteiger partial charge is 0.350 e. The minimum atomic E-state index is -1.24. The molecule has 0 radical (unpaired) electrons. The van der Waals surface area contributed by atoms with Crippen molar-refractivity contribution in [2.24, 2.45) is 0 Å². The van der Waals surface area contributed by atoms with Gasteiger partial charge in [-0.2, -0.15) is 0 Å². The monoisotopic (exact) mass is 426 g/mol. The Bertz CT molecular complexity index is 1170. The van der Waals surface area contributed by atoms with E-state index in [4.69, 9.17) is 0 Å². The van der Waals surface area contributed by atoms with Gasteiger partial charge in [-0.1, -0.05) is 18.2 Å². The Labute approximate surface area is 175 Å². The van der Waals surface area contributed by atoms with Gasteiger partial charge < -0.3 is 16.0 Å². The fourth-order valence-corrected chi connectivity index (χ4v) is 2.74. The average molecular weight is 426 g/mol. The summed E-state index contributed by atoms with van der Waals surface area (Å²) in [6, 6.07) is 13.9. The van der Waals surface area contributed by atoms with Gasteiger partial charge in [0.1, 0.15) is 5.69 Å². The zero-order valence-electron chi connectivity index (χ0n) is 16.1. The summed E-state index contributed by atoms with van der Waals surface area (Å²) in [5, 5.41) is 19.0. The van der Waals surface area contributed by atoms with Crippen LogP contribution in [-0.4, -0.2) is 16.7 Å². The number of nitro benzene ring substituents is 1. The summed E-state index contributed by atoms with van der Waals surface area (Å²) >= 11 is 0. The Kier molecular flexibility index (Phi) is 6.20. The molecule has 0 aliphatic carbocycles. The van der Waals surface area contributed by atoms with Crippen LogP contribution in [-0.2, 0) is 4.79 Å². The normalized spacial score (nSPS) is 10.3. The third-order valence-corrected chi connectivity index (χ3v) is 4.13. The molecule has 158 valence electrons. The highest BCUT2D eigenvalue weighted by molar-refractivity contribution is 6.07. The Morgan fingerprint density at radius 1 is 0.871 bits per heavy atom. The van der Waals surface area contributed by atoms with Gasteiger partial charge in [-0.15, -0.1) is 0 Å². The number of benzene rings is 3. The average Bonchev–Trinajstić information content (AvgIpc) is 2.72. The number of halogens is 2. The molecule has 31 heavy (non-hydrogen) atoms. The lowest BCUT2D eigenvalue weighted by atomic mass is 10.1. The molecule has 8 nitrogen and oxygen atoms in total. The zero-order chi connectivity index (χ0) is 22.5. The quantitative estimate of drug-likeness (QED) is 0.386. The second-order valence-corrected chi connectivity index (χ2v) is 6.43. The number of nitro groups is 1. The maximum Gasteiger partial charge on any atom is 0.293 e. The molecule has 0 atom stereocenters. The number of rotatable bonds is 6. The van der Waals surface area contributed by atoms with Crippen molar-refractivity contribution in [1.29, 1.82) is 0 Å². The number of carbonyl (C=O) groups is 2. The molecule has 3 aromatic rings. The van der Waals surface area contributed by atoms with E-state index < -0.39 is 28.4 Å². The Hall–Kier alpha value is -4.34. The molecule has 10 heteroatoms. The molecule has 3 rings (SSSR count). The molecule has 0 aromatic heterocycles. The number of nitrogens with zero attached hydrogens (tertiary/aromatic N) is 1. The van der Waals surface area contributed by atoms with E-state index in [2.05, 4.69) is 16.0 Å². The SMILES string of the molecule is CC(=O)Nc1cc(F)c(F)cc1NC(=O)c1ccc(Nc2ccccc2)c([N+](=O)[O-])c1. The molecule has 2 amide bonds. The lowest BCUT2D eigenvalue weighted by Gasteiger charge is -2.13. The molecule has 0 aliphatic rings. The second kappa shape index (κ2) is 8.99. The molecular formula is C21H16F2N4O4. The van der Waals surface area contributed by atoms with Gasteiger partial charge in [-0.25, -0.2) is 8.78 Å². The van der Waals surface area contributed by atoms with E-state index in [1.54, 1.807) is 30.3 Å². The van der Waals surface area contributed by atoms with Crippen LogP contribution in [0.25, 0.3) is 0 Å². The van der Waals surface area contributed by atoms with Crippen molar-refractivity contribution in [2.45, 2.75) is 6.92 Å². The van der Waals surface area contributed by atoms with E-state index >= 15 is 0 Å². The van der Waals surface area contributed by atoms with Crippen LogP contribution in [0.4, 0.5) is 37.2 Å². The lowest BCUT2D eigenvalue weighted by molar-refractivity contribution is -0.383. The fraction of sp³-hybridized carbons (Fsp3) is 0.0476. The first-order valence-electron chi connectivity index (χ1n) is 8.93. The van der Waals surface area contributed by atoms with E-state index in [1.807, 2.05) is 0 Å². The van der Waals surface area contributed by atoms with Crippen molar-refractivity contribution in [2.75, 3.05) is 16.0 Å². The molecule has 0 heterocycles.